The van der Waals surface area contributed by atoms with Crippen LogP contribution in [0.1, 0.15) is 38.1 Å². The first kappa shape index (κ1) is 14.3. The summed E-state index contributed by atoms with van der Waals surface area (Å²) in [4.78, 5) is 14.4. The van der Waals surface area contributed by atoms with E-state index in [2.05, 4.69) is 16.4 Å². The van der Waals surface area contributed by atoms with Gasteiger partial charge in [-0.25, -0.2) is 4.68 Å². The predicted octanol–water partition coefficient (Wildman–Crippen LogP) is 2.22. The summed E-state index contributed by atoms with van der Waals surface area (Å²) in [6, 6.07) is 9.15. The van der Waals surface area contributed by atoms with E-state index in [-0.39, 0.29) is 5.91 Å². The smallest absolute Gasteiger partial charge is 0.229 e. The lowest BCUT2D eigenvalue weighted by molar-refractivity contribution is -0.141. The van der Waals surface area contributed by atoms with E-state index in [0.717, 1.165) is 16.9 Å². The number of nitrogens with zero attached hydrogens (tertiary/aromatic N) is 5. The zero-order valence-corrected chi connectivity index (χ0v) is 12.8. The molecular weight excluding hydrogens is 278 g/mol. The third kappa shape index (κ3) is 2.15. The Hall–Kier alpha value is -2.68. The molecule has 1 unspecified atom stereocenters. The topological polar surface area (TPSA) is 74.8 Å². The first-order valence-electron chi connectivity index (χ1n) is 7.13. The molecule has 0 bridgehead atoms. The Morgan fingerprint density at radius 2 is 2.09 bits per heavy atom. The van der Waals surface area contributed by atoms with Crippen molar-refractivity contribution in [2.45, 2.75) is 33.4 Å². The molecule has 112 valence electrons. The number of amides is 1. The van der Waals surface area contributed by atoms with E-state index in [9.17, 15) is 10.1 Å². The average Bonchev–Trinajstić information content (AvgIpc) is 2.89. The molecule has 1 aliphatic rings. The number of carbonyl (C=O) groups is 1. The Bertz CT molecular complexity index is 765. The Morgan fingerprint density at radius 3 is 2.77 bits per heavy atom. The molecule has 0 N–H and O–H groups in total. The number of hydrogen-bond acceptors (Lipinski definition) is 4. The molecule has 6 nitrogen and oxygen atoms in total. The molecule has 0 aliphatic carbocycles. The zero-order chi connectivity index (χ0) is 15.9. The third-order valence-electron chi connectivity index (χ3n) is 3.75. The van der Waals surface area contributed by atoms with Crippen LogP contribution >= 0.6 is 0 Å². The predicted molar refractivity (Wildman–Crippen MR) is 79.7 cm³/mol. The molecule has 0 saturated heterocycles. The molecule has 1 amide bonds. The maximum absolute atomic E-state index is 12.8. The Balaban J connectivity index is 2.21. The monoisotopic (exact) mass is 295 g/mol. The van der Waals surface area contributed by atoms with Gasteiger partial charge in [-0.1, -0.05) is 44.2 Å². The highest BCUT2D eigenvalue weighted by Gasteiger charge is 2.36. The summed E-state index contributed by atoms with van der Waals surface area (Å²) in [5.74, 6) is -0.0662. The highest BCUT2D eigenvalue weighted by atomic mass is 16.2. The van der Waals surface area contributed by atoms with Crippen molar-refractivity contribution in [2.75, 3.05) is 0 Å². The van der Waals surface area contributed by atoms with Crippen LogP contribution in [-0.4, -0.2) is 25.8 Å². The van der Waals surface area contributed by atoms with Crippen LogP contribution in [0.25, 0.3) is 5.69 Å². The summed E-state index contributed by atoms with van der Waals surface area (Å²) in [6.45, 7) is 5.89. The van der Waals surface area contributed by atoms with Crippen molar-refractivity contribution >= 4 is 5.91 Å². The van der Waals surface area contributed by atoms with Crippen LogP contribution in [0.4, 0.5) is 0 Å². The van der Waals surface area contributed by atoms with E-state index < -0.39 is 11.5 Å². The number of fused-ring (bicyclic) bond motifs is 3. The van der Waals surface area contributed by atoms with Crippen LogP contribution in [0.2, 0.25) is 0 Å². The summed E-state index contributed by atoms with van der Waals surface area (Å²) in [6.07, 6.45) is 1.64. The summed E-state index contributed by atoms with van der Waals surface area (Å²) in [5.41, 5.74) is 1.80. The first-order valence-corrected chi connectivity index (χ1v) is 7.13. The highest BCUT2D eigenvalue weighted by Crippen LogP contribution is 2.34. The maximum Gasteiger partial charge on any atom is 0.229 e. The second kappa shape index (κ2) is 4.95. The van der Waals surface area contributed by atoms with Crippen LogP contribution in [-0.2, 0) is 11.3 Å². The first-order chi connectivity index (χ1) is 10.4. The molecule has 2 heterocycles. The fourth-order valence-electron chi connectivity index (χ4n) is 2.67. The normalized spacial score (nSPS) is 17.2. The quantitative estimate of drug-likeness (QED) is 0.747. The van der Waals surface area contributed by atoms with E-state index in [4.69, 9.17) is 0 Å². The fourth-order valence-corrected chi connectivity index (χ4v) is 2.67. The molecule has 3 rings (SSSR count). The molecule has 1 atom stereocenters. The molecule has 6 heteroatoms. The Morgan fingerprint density at radius 1 is 1.36 bits per heavy atom. The van der Waals surface area contributed by atoms with Crippen molar-refractivity contribution in [3.63, 3.8) is 0 Å². The van der Waals surface area contributed by atoms with Crippen LogP contribution in [0.15, 0.2) is 30.5 Å². The standard InChI is InChI=1S/C16H17N5O/c1-16(2,3)15(22)20-10-11-9-18-19-21(11)13-7-5-4-6-12(13)14(20)8-17/h4-7,9,14H,10H2,1-3H3. The van der Waals surface area contributed by atoms with Crippen molar-refractivity contribution in [3.05, 3.63) is 41.7 Å². The third-order valence-corrected chi connectivity index (χ3v) is 3.75. The Kier molecular flexibility index (Phi) is 3.21. The minimum atomic E-state index is -0.635. The van der Waals surface area contributed by atoms with Crippen molar-refractivity contribution in [2.24, 2.45) is 5.41 Å². The van der Waals surface area contributed by atoms with Crippen molar-refractivity contribution in [3.8, 4) is 11.8 Å². The lowest BCUT2D eigenvalue weighted by atomic mass is 9.93. The number of rotatable bonds is 0. The number of aromatic nitrogens is 3. The number of para-hydroxylation sites is 1. The zero-order valence-electron chi connectivity index (χ0n) is 12.8. The second-order valence-electron chi connectivity index (χ2n) is 6.41. The maximum atomic E-state index is 12.8. The van der Waals surface area contributed by atoms with Gasteiger partial charge in [0.05, 0.1) is 30.2 Å². The Labute approximate surface area is 129 Å². The molecule has 1 aliphatic heterocycles. The molecule has 0 radical (unpaired) electrons. The lowest BCUT2D eigenvalue weighted by Gasteiger charge is -2.31. The molecular formula is C16H17N5O. The number of nitriles is 1. The summed E-state index contributed by atoms with van der Waals surface area (Å²) in [5, 5.41) is 17.7. The van der Waals surface area contributed by atoms with Crippen LogP contribution in [0.5, 0.6) is 0 Å². The number of hydrogen-bond donors (Lipinski definition) is 0. The number of benzene rings is 1. The van der Waals surface area contributed by atoms with E-state index in [1.807, 2.05) is 45.0 Å². The van der Waals surface area contributed by atoms with E-state index in [0.29, 0.717) is 6.54 Å². The van der Waals surface area contributed by atoms with Crippen molar-refractivity contribution in [1.29, 1.82) is 5.26 Å². The average molecular weight is 295 g/mol. The summed E-state index contributed by atoms with van der Waals surface area (Å²) < 4.78 is 1.70. The SMILES string of the molecule is CC(C)(C)C(=O)N1Cc2cnnn2-c2ccccc2C1C#N. The van der Waals surface area contributed by atoms with Gasteiger partial charge in [-0.3, -0.25) is 4.79 Å². The fraction of sp³-hybridized carbons (Fsp3) is 0.375. The van der Waals surface area contributed by atoms with Gasteiger partial charge in [-0.15, -0.1) is 5.10 Å². The van der Waals surface area contributed by atoms with Gasteiger partial charge in [0.1, 0.15) is 6.04 Å². The van der Waals surface area contributed by atoms with Crippen molar-refractivity contribution in [1.82, 2.24) is 19.9 Å². The van der Waals surface area contributed by atoms with E-state index >= 15 is 0 Å². The molecule has 0 fully saturated rings. The minimum Gasteiger partial charge on any atom is -0.316 e. The molecule has 1 aromatic heterocycles. The lowest BCUT2D eigenvalue weighted by Crippen LogP contribution is -2.40. The van der Waals surface area contributed by atoms with Gasteiger partial charge >= 0.3 is 0 Å². The molecule has 0 spiro atoms. The van der Waals surface area contributed by atoms with Crippen LogP contribution in [0.3, 0.4) is 0 Å². The van der Waals surface area contributed by atoms with Gasteiger partial charge in [-0.05, 0) is 6.07 Å². The van der Waals surface area contributed by atoms with Gasteiger partial charge in [0, 0.05) is 11.0 Å². The van der Waals surface area contributed by atoms with Crippen LogP contribution in [0, 0.1) is 16.7 Å². The summed E-state index contributed by atoms with van der Waals surface area (Å²) >= 11 is 0. The van der Waals surface area contributed by atoms with Gasteiger partial charge in [0.25, 0.3) is 0 Å². The van der Waals surface area contributed by atoms with Gasteiger partial charge in [0.15, 0.2) is 0 Å². The second-order valence-corrected chi connectivity index (χ2v) is 6.41. The molecule has 0 saturated carbocycles. The molecule has 22 heavy (non-hydrogen) atoms. The van der Waals surface area contributed by atoms with Crippen molar-refractivity contribution < 1.29 is 4.79 Å². The molecule has 1 aromatic carbocycles. The number of carbonyl (C=O) groups excluding carboxylic acids is 1. The van der Waals surface area contributed by atoms with Gasteiger partial charge < -0.3 is 4.90 Å². The van der Waals surface area contributed by atoms with Gasteiger partial charge in [0.2, 0.25) is 5.91 Å². The minimum absolute atomic E-state index is 0.0662. The van der Waals surface area contributed by atoms with Gasteiger partial charge in [-0.2, -0.15) is 5.26 Å². The largest absolute Gasteiger partial charge is 0.316 e. The summed E-state index contributed by atoms with van der Waals surface area (Å²) in [7, 11) is 0. The molecule has 2 aromatic rings. The van der Waals surface area contributed by atoms with E-state index in [1.54, 1.807) is 15.8 Å². The highest BCUT2D eigenvalue weighted by molar-refractivity contribution is 5.82. The van der Waals surface area contributed by atoms with E-state index in [1.165, 1.54) is 0 Å². The van der Waals surface area contributed by atoms with Crippen LogP contribution < -0.4 is 0 Å².